The predicted octanol–water partition coefficient (Wildman–Crippen LogP) is 2.13. The first-order valence-corrected chi connectivity index (χ1v) is 8.46. The molecular formula is C16H27N3O. The molecule has 2 aliphatic heterocycles. The molecule has 0 aromatic heterocycles. The highest BCUT2D eigenvalue weighted by atomic mass is 16.5. The van der Waals surface area contributed by atoms with Crippen LogP contribution in [0.3, 0.4) is 0 Å². The molecule has 4 nitrogen and oxygen atoms in total. The largest absolute Gasteiger partial charge is 0.376 e. The van der Waals surface area contributed by atoms with Gasteiger partial charge in [0, 0.05) is 13.2 Å². The highest BCUT2D eigenvalue weighted by Gasteiger charge is 2.48. The number of aliphatic imine (C=N–C) groups is 1. The summed E-state index contributed by atoms with van der Waals surface area (Å²) in [5, 5.41) is 0. The second-order valence-electron chi connectivity index (χ2n) is 7.34. The molecule has 4 aliphatic rings. The molecule has 2 saturated carbocycles. The molecule has 0 aromatic carbocycles. The zero-order valence-corrected chi connectivity index (χ0v) is 12.4. The molecule has 1 spiro atoms. The van der Waals surface area contributed by atoms with Crippen molar-refractivity contribution in [3.8, 4) is 0 Å². The van der Waals surface area contributed by atoms with Crippen LogP contribution in [0.1, 0.15) is 51.4 Å². The van der Waals surface area contributed by atoms with E-state index in [-0.39, 0.29) is 5.54 Å². The SMILES string of the molecule is NC1=NCC2(CCCC(C3CC3)C2)N1CC1CCCO1. The fraction of sp³-hybridized carbons (Fsp3) is 0.938. The van der Waals surface area contributed by atoms with E-state index >= 15 is 0 Å². The maximum absolute atomic E-state index is 6.22. The smallest absolute Gasteiger partial charge is 0.191 e. The number of hydrogen-bond donors (Lipinski definition) is 1. The van der Waals surface area contributed by atoms with Crippen LogP contribution in [-0.4, -0.2) is 42.2 Å². The van der Waals surface area contributed by atoms with Crippen molar-refractivity contribution >= 4 is 5.96 Å². The molecule has 0 radical (unpaired) electrons. The van der Waals surface area contributed by atoms with Crippen molar-refractivity contribution in [2.24, 2.45) is 22.6 Å². The first kappa shape index (κ1) is 12.9. The molecule has 112 valence electrons. The Morgan fingerprint density at radius 3 is 2.85 bits per heavy atom. The predicted molar refractivity (Wildman–Crippen MR) is 79.6 cm³/mol. The molecule has 3 fully saturated rings. The number of rotatable bonds is 3. The lowest BCUT2D eigenvalue weighted by atomic mass is 9.73. The summed E-state index contributed by atoms with van der Waals surface area (Å²) in [6, 6.07) is 0. The summed E-state index contributed by atoms with van der Waals surface area (Å²) in [7, 11) is 0. The Hall–Kier alpha value is -0.770. The summed E-state index contributed by atoms with van der Waals surface area (Å²) < 4.78 is 5.83. The summed E-state index contributed by atoms with van der Waals surface area (Å²) in [5.41, 5.74) is 6.46. The van der Waals surface area contributed by atoms with Crippen molar-refractivity contribution in [2.75, 3.05) is 19.7 Å². The average molecular weight is 277 g/mol. The van der Waals surface area contributed by atoms with Gasteiger partial charge in [-0.2, -0.15) is 0 Å². The summed E-state index contributed by atoms with van der Waals surface area (Å²) in [4.78, 5) is 7.04. The Labute approximate surface area is 121 Å². The third-order valence-electron chi connectivity index (χ3n) is 5.94. The first-order valence-electron chi connectivity index (χ1n) is 8.46. The Morgan fingerprint density at radius 2 is 2.10 bits per heavy atom. The zero-order chi connectivity index (χ0) is 13.6. The van der Waals surface area contributed by atoms with Crippen molar-refractivity contribution in [3.05, 3.63) is 0 Å². The topological polar surface area (TPSA) is 50.8 Å². The lowest BCUT2D eigenvalue weighted by molar-refractivity contribution is 0.0400. The van der Waals surface area contributed by atoms with E-state index in [1.165, 1.54) is 51.4 Å². The van der Waals surface area contributed by atoms with Crippen molar-refractivity contribution in [2.45, 2.75) is 63.0 Å². The second kappa shape index (κ2) is 4.90. The van der Waals surface area contributed by atoms with Gasteiger partial charge < -0.3 is 15.4 Å². The summed E-state index contributed by atoms with van der Waals surface area (Å²) in [6.45, 7) is 2.81. The minimum Gasteiger partial charge on any atom is -0.376 e. The Balaban J connectivity index is 1.49. The normalized spacial score (nSPS) is 41.4. The van der Waals surface area contributed by atoms with E-state index in [2.05, 4.69) is 9.89 Å². The van der Waals surface area contributed by atoms with E-state index in [9.17, 15) is 0 Å². The van der Waals surface area contributed by atoms with E-state index in [0.29, 0.717) is 6.10 Å². The van der Waals surface area contributed by atoms with E-state index in [1.807, 2.05) is 0 Å². The lowest BCUT2D eigenvalue weighted by Gasteiger charge is -2.45. The number of hydrogen-bond acceptors (Lipinski definition) is 4. The molecule has 4 heteroatoms. The molecule has 2 aliphatic carbocycles. The van der Waals surface area contributed by atoms with Gasteiger partial charge >= 0.3 is 0 Å². The Bertz CT molecular complexity index is 401. The van der Waals surface area contributed by atoms with Crippen molar-refractivity contribution in [1.29, 1.82) is 0 Å². The van der Waals surface area contributed by atoms with Crippen LogP contribution >= 0.6 is 0 Å². The van der Waals surface area contributed by atoms with Gasteiger partial charge in [-0.3, -0.25) is 4.99 Å². The van der Waals surface area contributed by atoms with Crippen LogP contribution in [0.25, 0.3) is 0 Å². The molecule has 4 rings (SSSR count). The van der Waals surface area contributed by atoms with E-state index in [0.717, 1.165) is 37.5 Å². The van der Waals surface area contributed by atoms with Gasteiger partial charge in [0.2, 0.25) is 0 Å². The highest BCUT2D eigenvalue weighted by Crippen LogP contribution is 2.49. The van der Waals surface area contributed by atoms with Gasteiger partial charge in [0.25, 0.3) is 0 Å². The van der Waals surface area contributed by atoms with Gasteiger partial charge in [-0.15, -0.1) is 0 Å². The summed E-state index contributed by atoms with van der Waals surface area (Å²) >= 11 is 0. The fourth-order valence-electron chi connectivity index (χ4n) is 4.67. The number of ether oxygens (including phenoxy) is 1. The maximum Gasteiger partial charge on any atom is 0.191 e. The molecule has 0 bridgehead atoms. The van der Waals surface area contributed by atoms with Gasteiger partial charge in [-0.25, -0.2) is 0 Å². The summed E-state index contributed by atoms with van der Waals surface area (Å²) in [5.74, 6) is 2.72. The number of nitrogens with two attached hydrogens (primary N) is 1. The first-order chi connectivity index (χ1) is 9.77. The molecular weight excluding hydrogens is 250 g/mol. The third kappa shape index (κ3) is 2.22. The van der Waals surface area contributed by atoms with Crippen LogP contribution in [0.4, 0.5) is 0 Å². The molecule has 1 saturated heterocycles. The van der Waals surface area contributed by atoms with Crippen LogP contribution in [-0.2, 0) is 4.74 Å². The third-order valence-corrected chi connectivity index (χ3v) is 5.94. The van der Waals surface area contributed by atoms with Crippen LogP contribution < -0.4 is 5.73 Å². The quantitative estimate of drug-likeness (QED) is 0.860. The van der Waals surface area contributed by atoms with Gasteiger partial charge in [0.1, 0.15) is 0 Å². The van der Waals surface area contributed by atoms with Gasteiger partial charge in [-0.05, 0) is 50.4 Å². The van der Waals surface area contributed by atoms with E-state index < -0.39 is 0 Å². The average Bonchev–Trinajstić information content (AvgIpc) is 3.13. The Morgan fingerprint density at radius 1 is 1.20 bits per heavy atom. The van der Waals surface area contributed by atoms with Crippen molar-refractivity contribution < 1.29 is 4.74 Å². The molecule has 0 amide bonds. The minimum absolute atomic E-state index is 0.238. The van der Waals surface area contributed by atoms with E-state index in [1.54, 1.807) is 0 Å². The Kier molecular flexibility index (Phi) is 3.17. The lowest BCUT2D eigenvalue weighted by Crippen LogP contribution is -2.56. The number of guanidine groups is 1. The maximum atomic E-state index is 6.22. The van der Waals surface area contributed by atoms with Gasteiger partial charge in [0.05, 0.1) is 18.2 Å². The van der Waals surface area contributed by atoms with Gasteiger partial charge in [-0.1, -0.05) is 12.8 Å². The van der Waals surface area contributed by atoms with Crippen LogP contribution in [0, 0.1) is 11.8 Å². The van der Waals surface area contributed by atoms with Crippen molar-refractivity contribution in [1.82, 2.24) is 4.90 Å². The highest BCUT2D eigenvalue weighted by molar-refractivity contribution is 5.81. The van der Waals surface area contributed by atoms with Crippen LogP contribution in [0.5, 0.6) is 0 Å². The molecule has 2 N–H and O–H groups in total. The van der Waals surface area contributed by atoms with Crippen LogP contribution in [0.15, 0.2) is 4.99 Å². The second-order valence-corrected chi connectivity index (χ2v) is 7.34. The van der Waals surface area contributed by atoms with Crippen molar-refractivity contribution in [3.63, 3.8) is 0 Å². The fourth-order valence-corrected chi connectivity index (χ4v) is 4.67. The zero-order valence-electron chi connectivity index (χ0n) is 12.4. The molecule has 2 heterocycles. The summed E-state index contributed by atoms with van der Waals surface area (Å²) in [6.07, 6.45) is 11.1. The van der Waals surface area contributed by atoms with E-state index in [4.69, 9.17) is 10.5 Å². The molecule has 0 aromatic rings. The standard InChI is InChI=1S/C16H27N3O/c17-15-18-11-16(19(15)10-14-4-2-8-20-14)7-1-3-13(9-16)12-5-6-12/h12-14H,1-11H2,(H2,17,18). The molecule has 3 unspecified atom stereocenters. The van der Waals surface area contributed by atoms with Crippen LogP contribution in [0.2, 0.25) is 0 Å². The number of nitrogens with zero attached hydrogens (tertiary/aromatic N) is 2. The molecule has 20 heavy (non-hydrogen) atoms. The molecule has 3 atom stereocenters. The monoisotopic (exact) mass is 277 g/mol. The minimum atomic E-state index is 0.238. The van der Waals surface area contributed by atoms with Gasteiger partial charge in [0.15, 0.2) is 5.96 Å².